The van der Waals surface area contributed by atoms with Crippen LogP contribution in [-0.2, 0) is 16.0 Å². The maximum Gasteiger partial charge on any atom is 0.305 e. The summed E-state index contributed by atoms with van der Waals surface area (Å²) >= 11 is 0. The Balaban J connectivity index is 2.46. The second-order valence-corrected chi connectivity index (χ2v) is 4.41. The molecule has 0 saturated carbocycles. The van der Waals surface area contributed by atoms with E-state index in [1.165, 1.54) is 18.2 Å². The van der Waals surface area contributed by atoms with Crippen LogP contribution in [0.4, 0.5) is 0 Å². The maximum atomic E-state index is 11.1. The molecule has 0 aliphatic rings. The Morgan fingerprint density at radius 1 is 1.35 bits per heavy atom. The molecule has 1 aromatic carbocycles. The molecule has 0 aliphatic heterocycles. The van der Waals surface area contributed by atoms with Crippen LogP contribution in [0.3, 0.4) is 0 Å². The number of esters is 1. The Morgan fingerprint density at radius 2 is 2.00 bits per heavy atom. The number of hydrogen-bond donors (Lipinski definition) is 1. The van der Waals surface area contributed by atoms with Crippen molar-refractivity contribution in [2.75, 3.05) is 13.7 Å². The third kappa shape index (κ3) is 5.00. The summed E-state index contributed by atoms with van der Waals surface area (Å²) in [5, 5.41) is 0. The molecule has 0 bridgehead atoms. The lowest BCUT2D eigenvalue weighted by Gasteiger charge is -2.14. The molecule has 1 aromatic rings. The van der Waals surface area contributed by atoms with E-state index >= 15 is 0 Å². The summed E-state index contributed by atoms with van der Waals surface area (Å²) in [4.78, 5) is 11.1. The van der Waals surface area contributed by atoms with Crippen LogP contribution in [0.2, 0.25) is 0 Å². The fourth-order valence-electron chi connectivity index (χ4n) is 1.78. The van der Waals surface area contributed by atoms with Gasteiger partial charge in [-0.1, -0.05) is 29.8 Å². The Bertz CT molecular complexity index is 346. The fourth-order valence-corrected chi connectivity index (χ4v) is 1.78. The largest absolute Gasteiger partial charge is 0.469 e. The minimum absolute atomic E-state index is 0.160. The summed E-state index contributed by atoms with van der Waals surface area (Å²) in [6.45, 7) is 2.67. The fraction of sp³-hybridized carbons (Fsp3) is 0.500. The van der Waals surface area contributed by atoms with Gasteiger partial charge in [-0.25, -0.2) is 0 Å². The van der Waals surface area contributed by atoms with Gasteiger partial charge in [0.1, 0.15) is 0 Å². The van der Waals surface area contributed by atoms with E-state index < -0.39 is 0 Å². The van der Waals surface area contributed by atoms with Gasteiger partial charge in [0.2, 0.25) is 0 Å². The van der Waals surface area contributed by atoms with Crippen LogP contribution in [0.1, 0.15) is 24.0 Å². The van der Waals surface area contributed by atoms with Crippen molar-refractivity contribution in [3.8, 4) is 0 Å². The zero-order valence-electron chi connectivity index (χ0n) is 10.6. The van der Waals surface area contributed by atoms with Crippen molar-refractivity contribution < 1.29 is 9.53 Å². The van der Waals surface area contributed by atoms with E-state index in [2.05, 4.69) is 35.9 Å². The minimum Gasteiger partial charge on any atom is -0.469 e. The summed E-state index contributed by atoms with van der Waals surface area (Å²) in [5.74, 6) is 0.184. The topological polar surface area (TPSA) is 52.3 Å². The van der Waals surface area contributed by atoms with Crippen LogP contribution in [0.25, 0.3) is 0 Å². The first-order valence-electron chi connectivity index (χ1n) is 5.98. The molecule has 1 rings (SSSR count). The molecule has 0 saturated heterocycles. The van der Waals surface area contributed by atoms with Gasteiger partial charge in [-0.2, -0.15) is 0 Å². The lowest BCUT2D eigenvalue weighted by atomic mass is 9.94. The van der Waals surface area contributed by atoms with E-state index in [0.717, 1.165) is 12.8 Å². The molecule has 0 amide bonds. The van der Waals surface area contributed by atoms with Crippen LogP contribution in [0, 0.1) is 12.8 Å². The molecule has 1 atom stereocenters. The summed E-state index contributed by atoms with van der Waals surface area (Å²) in [7, 11) is 1.42. The van der Waals surface area contributed by atoms with E-state index in [9.17, 15) is 4.79 Å². The van der Waals surface area contributed by atoms with Gasteiger partial charge < -0.3 is 10.5 Å². The molecule has 3 heteroatoms. The van der Waals surface area contributed by atoms with Crippen molar-refractivity contribution >= 4 is 5.97 Å². The number of ether oxygens (including phenoxy) is 1. The third-order valence-corrected chi connectivity index (χ3v) is 2.96. The van der Waals surface area contributed by atoms with Gasteiger partial charge in [0.15, 0.2) is 0 Å². The summed E-state index contributed by atoms with van der Waals surface area (Å²) in [5.41, 5.74) is 8.26. The average Bonchev–Trinajstić information content (AvgIpc) is 2.36. The molecule has 0 aliphatic carbocycles. The third-order valence-electron chi connectivity index (χ3n) is 2.96. The van der Waals surface area contributed by atoms with Crippen molar-refractivity contribution in [2.45, 2.75) is 26.2 Å². The predicted molar refractivity (Wildman–Crippen MR) is 68.7 cm³/mol. The molecule has 1 unspecified atom stereocenters. The van der Waals surface area contributed by atoms with Crippen molar-refractivity contribution in [2.24, 2.45) is 11.7 Å². The number of carbonyl (C=O) groups excluding carboxylic acids is 1. The molecule has 0 aromatic heterocycles. The van der Waals surface area contributed by atoms with Crippen LogP contribution in [0.15, 0.2) is 24.3 Å². The molecular weight excluding hydrogens is 214 g/mol. The van der Waals surface area contributed by atoms with Crippen LogP contribution < -0.4 is 5.73 Å². The van der Waals surface area contributed by atoms with E-state index in [1.54, 1.807) is 0 Å². The van der Waals surface area contributed by atoms with Crippen molar-refractivity contribution in [3.05, 3.63) is 35.4 Å². The summed E-state index contributed by atoms with van der Waals surface area (Å²) in [6.07, 6.45) is 2.16. The highest BCUT2D eigenvalue weighted by molar-refractivity contribution is 5.69. The van der Waals surface area contributed by atoms with Gasteiger partial charge in [-0.3, -0.25) is 4.79 Å². The van der Waals surface area contributed by atoms with Crippen molar-refractivity contribution in [1.82, 2.24) is 0 Å². The Hall–Kier alpha value is -1.35. The predicted octanol–water partition coefficient (Wildman–Crippen LogP) is 2.07. The first kappa shape index (κ1) is 13.7. The molecule has 0 radical (unpaired) electrons. The standard InChI is InChI=1S/C14H21NO2/c1-11-3-5-12(6-4-11)9-13(10-15)7-8-14(16)17-2/h3-6,13H,7-10,15H2,1-2H3. The number of rotatable bonds is 6. The highest BCUT2D eigenvalue weighted by Crippen LogP contribution is 2.14. The highest BCUT2D eigenvalue weighted by atomic mass is 16.5. The number of methoxy groups -OCH3 is 1. The van der Waals surface area contributed by atoms with Crippen LogP contribution in [0.5, 0.6) is 0 Å². The second kappa shape index (κ2) is 7.07. The number of benzene rings is 1. The number of nitrogens with two attached hydrogens (primary N) is 1. The zero-order valence-corrected chi connectivity index (χ0v) is 10.6. The lowest BCUT2D eigenvalue weighted by molar-refractivity contribution is -0.140. The van der Waals surface area contributed by atoms with Crippen molar-refractivity contribution in [1.29, 1.82) is 0 Å². The van der Waals surface area contributed by atoms with E-state index in [4.69, 9.17) is 5.73 Å². The number of aryl methyl sites for hydroxylation is 1. The van der Waals surface area contributed by atoms with Gasteiger partial charge >= 0.3 is 5.97 Å². The molecule has 94 valence electrons. The second-order valence-electron chi connectivity index (χ2n) is 4.41. The number of hydrogen-bond acceptors (Lipinski definition) is 3. The average molecular weight is 235 g/mol. The quantitative estimate of drug-likeness (QED) is 0.768. The highest BCUT2D eigenvalue weighted by Gasteiger charge is 2.10. The summed E-state index contributed by atoms with van der Waals surface area (Å²) < 4.78 is 4.63. The smallest absolute Gasteiger partial charge is 0.305 e. The van der Waals surface area contributed by atoms with Gasteiger partial charge in [0.05, 0.1) is 7.11 Å². The van der Waals surface area contributed by atoms with Crippen LogP contribution in [-0.4, -0.2) is 19.6 Å². The lowest BCUT2D eigenvalue weighted by Crippen LogP contribution is -2.18. The molecule has 17 heavy (non-hydrogen) atoms. The maximum absolute atomic E-state index is 11.1. The van der Waals surface area contributed by atoms with E-state index in [0.29, 0.717) is 18.9 Å². The van der Waals surface area contributed by atoms with Gasteiger partial charge in [0, 0.05) is 6.42 Å². The molecular formula is C14H21NO2. The molecule has 2 N–H and O–H groups in total. The van der Waals surface area contributed by atoms with Gasteiger partial charge in [-0.15, -0.1) is 0 Å². The monoisotopic (exact) mass is 235 g/mol. The van der Waals surface area contributed by atoms with Crippen LogP contribution >= 0.6 is 0 Å². The van der Waals surface area contributed by atoms with Gasteiger partial charge in [0.25, 0.3) is 0 Å². The molecule has 0 spiro atoms. The zero-order chi connectivity index (χ0) is 12.7. The molecule has 3 nitrogen and oxygen atoms in total. The summed E-state index contributed by atoms with van der Waals surface area (Å²) in [6, 6.07) is 8.44. The van der Waals surface area contributed by atoms with Gasteiger partial charge in [-0.05, 0) is 37.8 Å². The Morgan fingerprint density at radius 3 is 2.53 bits per heavy atom. The SMILES string of the molecule is COC(=O)CCC(CN)Cc1ccc(C)cc1. The van der Waals surface area contributed by atoms with E-state index in [1.807, 2.05) is 0 Å². The molecule has 0 heterocycles. The van der Waals surface area contributed by atoms with E-state index in [-0.39, 0.29) is 5.97 Å². The first-order valence-corrected chi connectivity index (χ1v) is 5.98. The Kier molecular flexibility index (Phi) is 5.70. The van der Waals surface area contributed by atoms with Crippen molar-refractivity contribution in [3.63, 3.8) is 0 Å². The number of carbonyl (C=O) groups is 1. The first-order chi connectivity index (χ1) is 8.15. The minimum atomic E-state index is -0.160. The molecule has 0 fully saturated rings. The Labute approximate surface area is 103 Å². The normalized spacial score (nSPS) is 12.2.